The molecule has 0 aliphatic rings. The first-order valence-electron chi connectivity index (χ1n) is 9.67. The molecule has 28 heavy (non-hydrogen) atoms. The highest BCUT2D eigenvalue weighted by atomic mass is 16.5. The van der Waals surface area contributed by atoms with Gasteiger partial charge in [-0.15, -0.1) is 6.58 Å². The standard InChI is InChI=1S/C24H28O4/c1-4-5-6-7-8-19-9-13-21(14-10-19)24(26)27-17-20-11-15-22(16-12-20)28-23(25)18(2)3/h4,9-16,18H,1,5-8,17H2,2-3H3. The molecule has 0 aliphatic carbocycles. The van der Waals surface area contributed by atoms with Crippen molar-refractivity contribution in [2.75, 3.05) is 0 Å². The molecule has 2 aromatic carbocycles. The number of allylic oxidation sites excluding steroid dienone is 1. The molecular weight excluding hydrogens is 352 g/mol. The van der Waals surface area contributed by atoms with Gasteiger partial charge in [-0.2, -0.15) is 0 Å². The molecule has 4 nitrogen and oxygen atoms in total. The molecule has 0 spiro atoms. The summed E-state index contributed by atoms with van der Waals surface area (Å²) < 4.78 is 10.6. The largest absolute Gasteiger partial charge is 0.457 e. The van der Waals surface area contributed by atoms with E-state index in [4.69, 9.17) is 9.47 Å². The van der Waals surface area contributed by atoms with Crippen molar-refractivity contribution in [3.05, 3.63) is 77.9 Å². The number of hydrogen-bond donors (Lipinski definition) is 0. The maximum absolute atomic E-state index is 12.2. The van der Waals surface area contributed by atoms with E-state index in [-0.39, 0.29) is 24.5 Å². The molecule has 0 fully saturated rings. The van der Waals surface area contributed by atoms with E-state index in [1.807, 2.05) is 18.2 Å². The van der Waals surface area contributed by atoms with Gasteiger partial charge in [-0.25, -0.2) is 4.79 Å². The minimum Gasteiger partial charge on any atom is -0.457 e. The van der Waals surface area contributed by atoms with Crippen molar-refractivity contribution in [2.45, 2.75) is 46.1 Å². The van der Waals surface area contributed by atoms with E-state index >= 15 is 0 Å². The van der Waals surface area contributed by atoms with Gasteiger partial charge in [0.25, 0.3) is 0 Å². The van der Waals surface area contributed by atoms with E-state index in [2.05, 4.69) is 6.58 Å². The molecule has 0 unspecified atom stereocenters. The van der Waals surface area contributed by atoms with Crippen molar-refractivity contribution in [2.24, 2.45) is 5.92 Å². The van der Waals surface area contributed by atoms with E-state index < -0.39 is 0 Å². The molecule has 0 radical (unpaired) electrons. The van der Waals surface area contributed by atoms with Gasteiger partial charge in [0.05, 0.1) is 11.5 Å². The highest BCUT2D eigenvalue weighted by Gasteiger charge is 2.10. The number of hydrogen-bond acceptors (Lipinski definition) is 4. The minimum atomic E-state index is -0.353. The zero-order chi connectivity index (χ0) is 20.4. The molecule has 0 saturated heterocycles. The maximum Gasteiger partial charge on any atom is 0.338 e. The van der Waals surface area contributed by atoms with Gasteiger partial charge in [0.2, 0.25) is 0 Å². The van der Waals surface area contributed by atoms with E-state index in [1.165, 1.54) is 5.56 Å². The van der Waals surface area contributed by atoms with E-state index in [1.54, 1.807) is 50.2 Å². The molecule has 0 aromatic heterocycles. The molecule has 4 heteroatoms. The highest BCUT2D eigenvalue weighted by Crippen LogP contribution is 2.16. The lowest BCUT2D eigenvalue weighted by Crippen LogP contribution is -2.14. The van der Waals surface area contributed by atoms with Crippen LogP contribution in [-0.4, -0.2) is 11.9 Å². The fourth-order valence-electron chi connectivity index (χ4n) is 2.55. The summed E-state index contributed by atoms with van der Waals surface area (Å²) in [5.74, 6) is -0.325. The van der Waals surface area contributed by atoms with Crippen LogP contribution in [0.1, 0.15) is 54.6 Å². The molecule has 0 N–H and O–H groups in total. The van der Waals surface area contributed by atoms with Crippen LogP contribution in [0.2, 0.25) is 0 Å². The number of ether oxygens (including phenoxy) is 2. The lowest BCUT2D eigenvalue weighted by Gasteiger charge is -2.08. The van der Waals surface area contributed by atoms with Crippen LogP contribution >= 0.6 is 0 Å². The topological polar surface area (TPSA) is 52.6 Å². The lowest BCUT2D eigenvalue weighted by atomic mass is 10.1. The number of carbonyl (C=O) groups excluding carboxylic acids is 2. The summed E-state index contributed by atoms with van der Waals surface area (Å²) in [7, 11) is 0. The number of rotatable bonds is 10. The Morgan fingerprint density at radius 3 is 2.21 bits per heavy atom. The Hall–Kier alpha value is -2.88. The van der Waals surface area contributed by atoms with Crippen molar-refractivity contribution in [1.82, 2.24) is 0 Å². The van der Waals surface area contributed by atoms with Gasteiger partial charge in [-0.3, -0.25) is 4.79 Å². The summed E-state index contributed by atoms with van der Waals surface area (Å²) >= 11 is 0. The summed E-state index contributed by atoms with van der Waals surface area (Å²) in [5, 5.41) is 0. The van der Waals surface area contributed by atoms with Crippen LogP contribution in [0.4, 0.5) is 0 Å². The molecule has 0 bridgehead atoms. The Labute approximate surface area is 167 Å². The molecule has 0 atom stereocenters. The Morgan fingerprint density at radius 1 is 0.964 bits per heavy atom. The van der Waals surface area contributed by atoms with Gasteiger partial charge >= 0.3 is 11.9 Å². The third kappa shape index (κ3) is 7.03. The second-order valence-corrected chi connectivity index (χ2v) is 7.03. The van der Waals surface area contributed by atoms with Crippen molar-refractivity contribution in [3.8, 4) is 5.75 Å². The predicted octanol–water partition coefficient (Wildman–Crippen LogP) is 5.50. The van der Waals surface area contributed by atoms with Crippen molar-refractivity contribution < 1.29 is 19.1 Å². The van der Waals surface area contributed by atoms with Gasteiger partial charge in [0.15, 0.2) is 0 Å². The van der Waals surface area contributed by atoms with Gasteiger partial charge in [-0.05, 0) is 61.1 Å². The van der Waals surface area contributed by atoms with Crippen LogP contribution in [0.3, 0.4) is 0 Å². The minimum absolute atomic E-state index is 0.167. The number of carbonyl (C=O) groups is 2. The second kappa shape index (κ2) is 11.1. The zero-order valence-electron chi connectivity index (χ0n) is 16.6. The summed E-state index contributed by atoms with van der Waals surface area (Å²) in [5.41, 5.74) is 2.58. The smallest absolute Gasteiger partial charge is 0.338 e. The number of unbranched alkanes of at least 4 members (excludes halogenated alkanes) is 2. The van der Waals surface area contributed by atoms with Gasteiger partial charge < -0.3 is 9.47 Å². The molecule has 2 rings (SSSR count). The zero-order valence-corrected chi connectivity index (χ0v) is 16.6. The van der Waals surface area contributed by atoms with E-state index in [0.717, 1.165) is 31.2 Å². The molecular formula is C24H28O4. The quantitative estimate of drug-likeness (QED) is 0.236. The first-order chi connectivity index (χ1) is 13.5. The van der Waals surface area contributed by atoms with Crippen LogP contribution in [0.5, 0.6) is 5.75 Å². The molecule has 0 aliphatic heterocycles. The third-order valence-corrected chi connectivity index (χ3v) is 4.30. The lowest BCUT2D eigenvalue weighted by molar-refractivity contribution is -0.137. The molecule has 0 heterocycles. The fraction of sp³-hybridized carbons (Fsp3) is 0.333. The van der Waals surface area contributed by atoms with Crippen LogP contribution in [0, 0.1) is 5.92 Å². The van der Waals surface area contributed by atoms with Gasteiger partial charge in [0.1, 0.15) is 12.4 Å². The SMILES string of the molecule is C=CCCCCc1ccc(C(=O)OCc2ccc(OC(=O)C(C)C)cc2)cc1. The Balaban J connectivity index is 1.81. The average molecular weight is 380 g/mol. The van der Waals surface area contributed by atoms with Crippen LogP contribution in [0.25, 0.3) is 0 Å². The molecule has 0 saturated carbocycles. The van der Waals surface area contributed by atoms with Crippen molar-refractivity contribution in [1.29, 1.82) is 0 Å². The van der Waals surface area contributed by atoms with Gasteiger partial charge in [-0.1, -0.05) is 44.2 Å². The normalized spacial score (nSPS) is 10.5. The van der Waals surface area contributed by atoms with Crippen LogP contribution < -0.4 is 4.74 Å². The maximum atomic E-state index is 12.2. The molecule has 2 aromatic rings. The third-order valence-electron chi connectivity index (χ3n) is 4.30. The molecule has 148 valence electrons. The van der Waals surface area contributed by atoms with Crippen LogP contribution in [-0.2, 0) is 22.6 Å². The second-order valence-electron chi connectivity index (χ2n) is 7.03. The number of benzene rings is 2. The average Bonchev–Trinajstić information content (AvgIpc) is 2.71. The summed E-state index contributed by atoms with van der Waals surface area (Å²) in [6, 6.07) is 14.5. The fourth-order valence-corrected chi connectivity index (χ4v) is 2.55. The van der Waals surface area contributed by atoms with E-state index in [0.29, 0.717) is 11.3 Å². The van der Waals surface area contributed by atoms with Crippen molar-refractivity contribution >= 4 is 11.9 Å². The monoisotopic (exact) mass is 380 g/mol. The van der Waals surface area contributed by atoms with Crippen LogP contribution in [0.15, 0.2) is 61.2 Å². The summed E-state index contributed by atoms with van der Waals surface area (Å²) in [4.78, 5) is 23.8. The number of esters is 2. The first-order valence-corrected chi connectivity index (χ1v) is 9.67. The van der Waals surface area contributed by atoms with E-state index in [9.17, 15) is 9.59 Å². The highest BCUT2D eigenvalue weighted by molar-refractivity contribution is 5.89. The Bertz CT molecular complexity index is 773. The predicted molar refractivity (Wildman–Crippen MR) is 110 cm³/mol. The van der Waals surface area contributed by atoms with Crippen molar-refractivity contribution in [3.63, 3.8) is 0 Å². The van der Waals surface area contributed by atoms with Gasteiger partial charge in [0, 0.05) is 0 Å². The Morgan fingerprint density at radius 2 is 1.61 bits per heavy atom. The summed E-state index contributed by atoms with van der Waals surface area (Å²) in [6.45, 7) is 7.46. The Kier molecular flexibility index (Phi) is 8.47. The number of aryl methyl sites for hydroxylation is 1. The summed E-state index contributed by atoms with van der Waals surface area (Å²) in [6.07, 6.45) is 6.20. The molecule has 0 amide bonds. The first kappa shape index (κ1) is 21.4.